The number of hydrogen-bond acceptors (Lipinski definition) is 9. The van der Waals surface area contributed by atoms with Gasteiger partial charge in [0.2, 0.25) is 0 Å². The van der Waals surface area contributed by atoms with Gasteiger partial charge in [-0.3, -0.25) is 18.6 Å². The molecule has 0 bridgehead atoms. The number of unbranched alkanes of at least 4 members (excludes halogenated alkanes) is 30. The van der Waals surface area contributed by atoms with Crippen LogP contribution in [0.5, 0.6) is 0 Å². The summed E-state index contributed by atoms with van der Waals surface area (Å²) in [5, 5.41) is 19.3. The molecule has 0 aliphatic rings. The molecule has 0 heterocycles. The van der Waals surface area contributed by atoms with Crippen molar-refractivity contribution in [3.8, 4) is 0 Å². The Bertz CT molecular complexity index is 1250. The number of aliphatic hydroxyl groups is 2. The van der Waals surface area contributed by atoms with E-state index in [-0.39, 0.29) is 12.8 Å². The highest BCUT2D eigenvalue weighted by molar-refractivity contribution is 7.47. The molecule has 3 atom stereocenters. The molecule has 0 saturated heterocycles. The minimum atomic E-state index is -4.65. The van der Waals surface area contributed by atoms with E-state index in [2.05, 4.69) is 62.5 Å². The molecule has 3 unspecified atom stereocenters. The molecule has 0 aliphatic heterocycles. The summed E-state index contributed by atoms with van der Waals surface area (Å²) < 4.78 is 32.8. The molecule has 0 aromatic rings. The van der Waals surface area contributed by atoms with Gasteiger partial charge in [-0.1, -0.05) is 242 Å². The summed E-state index contributed by atoms with van der Waals surface area (Å²) in [6.45, 7) is 2.15. The largest absolute Gasteiger partial charge is 0.472 e. The summed E-state index contributed by atoms with van der Waals surface area (Å²) in [5.41, 5.74) is 0. The number of phosphoric acid groups is 1. The fourth-order valence-corrected chi connectivity index (χ4v) is 8.66. The molecule has 0 radical (unpaired) electrons. The van der Waals surface area contributed by atoms with E-state index in [1.165, 1.54) is 148 Å². The average Bonchev–Trinajstić information content (AvgIpc) is 3.32. The van der Waals surface area contributed by atoms with Crippen LogP contribution in [0.15, 0.2) is 48.6 Å². The minimum Gasteiger partial charge on any atom is -0.457 e. The van der Waals surface area contributed by atoms with Gasteiger partial charge in [0.05, 0.1) is 26.4 Å². The Morgan fingerprint density at radius 1 is 0.418 bits per heavy atom. The molecule has 0 aliphatic carbocycles. The highest BCUT2D eigenvalue weighted by Gasteiger charge is 2.27. The molecule has 392 valence electrons. The number of esters is 2. The van der Waals surface area contributed by atoms with E-state index in [4.69, 9.17) is 18.5 Å². The van der Waals surface area contributed by atoms with Crippen molar-refractivity contribution < 1.29 is 47.8 Å². The number of ether oxygens (including phenoxy) is 2. The molecule has 67 heavy (non-hydrogen) atoms. The summed E-state index contributed by atoms with van der Waals surface area (Å²) in [5.74, 6) is -1.01. The van der Waals surface area contributed by atoms with E-state index < -0.39 is 58.4 Å². The zero-order valence-electron chi connectivity index (χ0n) is 43.1. The van der Waals surface area contributed by atoms with E-state index in [1.807, 2.05) is 0 Å². The molecule has 0 spiro atoms. The standard InChI is InChI=1S/C56H103O10P/c1-3-5-7-9-11-13-15-17-19-21-23-25-26-28-30-32-34-36-38-40-42-44-46-48-56(60)66-54(50-58)52-64-67(61,62)63-51-53(49-57)65-55(59)47-45-43-41-39-37-35-33-31-29-27-24-22-20-18-16-14-12-10-8-6-4-2/h5,7,11,13,17,19,23,25,53-54,57-58H,3-4,6,8-10,12,14-16,18,20-22,24,26-52H2,1-2H3,(H,61,62)/b7-5-,13-11-,19-17-,25-23-. The first-order valence-corrected chi connectivity index (χ1v) is 29.1. The van der Waals surface area contributed by atoms with Gasteiger partial charge in [0.1, 0.15) is 12.2 Å². The van der Waals surface area contributed by atoms with Crippen LogP contribution in [0.2, 0.25) is 0 Å². The fourth-order valence-electron chi connectivity index (χ4n) is 7.87. The first-order chi connectivity index (χ1) is 32.8. The van der Waals surface area contributed by atoms with Crippen molar-refractivity contribution in [1.29, 1.82) is 0 Å². The summed E-state index contributed by atoms with van der Waals surface area (Å²) in [7, 11) is -4.65. The zero-order chi connectivity index (χ0) is 49.0. The first kappa shape index (κ1) is 64.9. The molecule has 0 amide bonds. The maximum atomic E-state index is 12.4. The van der Waals surface area contributed by atoms with Gasteiger partial charge >= 0.3 is 19.8 Å². The smallest absolute Gasteiger partial charge is 0.457 e. The van der Waals surface area contributed by atoms with Crippen molar-refractivity contribution in [2.24, 2.45) is 0 Å². The number of carbonyl (C=O) groups excluding carboxylic acids is 2. The predicted molar refractivity (Wildman–Crippen MR) is 279 cm³/mol. The number of allylic oxidation sites excluding steroid dienone is 8. The highest BCUT2D eigenvalue weighted by atomic mass is 31.2. The number of rotatable bonds is 52. The molecule has 10 nitrogen and oxygen atoms in total. The normalized spacial score (nSPS) is 13.9. The van der Waals surface area contributed by atoms with Crippen LogP contribution in [-0.2, 0) is 32.7 Å². The summed E-state index contributed by atoms with van der Waals surface area (Å²) in [6, 6.07) is 0. The lowest BCUT2D eigenvalue weighted by molar-refractivity contribution is -0.153. The van der Waals surface area contributed by atoms with E-state index in [0.717, 1.165) is 70.6 Å². The topological polar surface area (TPSA) is 149 Å². The second-order valence-corrected chi connectivity index (χ2v) is 20.0. The number of hydrogen-bond donors (Lipinski definition) is 3. The van der Waals surface area contributed by atoms with Crippen LogP contribution >= 0.6 is 7.82 Å². The van der Waals surface area contributed by atoms with Crippen LogP contribution in [0.3, 0.4) is 0 Å². The quantitative estimate of drug-likeness (QED) is 0.0233. The first-order valence-electron chi connectivity index (χ1n) is 27.6. The molecule has 0 fully saturated rings. The summed E-state index contributed by atoms with van der Waals surface area (Å²) in [6.07, 6.45) is 59.5. The lowest BCUT2D eigenvalue weighted by Crippen LogP contribution is -2.28. The fraction of sp³-hybridized carbons (Fsp3) is 0.821. The van der Waals surface area contributed by atoms with E-state index in [0.29, 0.717) is 12.8 Å². The molecular weight excluding hydrogens is 864 g/mol. The van der Waals surface area contributed by atoms with Crippen LogP contribution in [0.1, 0.15) is 258 Å². The number of aliphatic hydroxyl groups excluding tert-OH is 2. The molecule has 0 saturated carbocycles. The van der Waals surface area contributed by atoms with E-state index in [9.17, 15) is 29.3 Å². The second-order valence-electron chi connectivity index (χ2n) is 18.5. The third-order valence-corrected chi connectivity index (χ3v) is 13.0. The lowest BCUT2D eigenvalue weighted by Gasteiger charge is -2.20. The van der Waals surface area contributed by atoms with Crippen LogP contribution in [-0.4, -0.2) is 65.7 Å². The van der Waals surface area contributed by atoms with Crippen LogP contribution < -0.4 is 0 Å². The molecular formula is C56H103O10P. The SMILES string of the molecule is CC/C=C\C/C=C\C/C=C\C/C=C\CCCCCCCCCCCCC(=O)OC(CO)COP(=O)(O)OCC(CO)OC(=O)CCCCCCCCCCCCCCCCCCCCCCC. The van der Waals surface area contributed by atoms with Crippen LogP contribution in [0.4, 0.5) is 0 Å². The number of phosphoric ester groups is 1. The van der Waals surface area contributed by atoms with Crippen molar-refractivity contribution in [2.45, 2.75) is 270 Å². The summed E-state index contributed by atoms with van der Waals surface area (Å²) in [4.78, 5) is 34.8. The van der Waals surface area contributed by atoms with Crippen molar-refractivity contribution >= 4 is 19.8 Å². The van der Waals surface area contributed by atoms with Gasteiger partial charge in [0, 0.05) is 12.8 Å². The zero-order valence-corrected chi connectivity index (χ0v) is 44.0. The Hall–Kier alpha value is -2.07. The van der Waals surface area contributed by atoms with Gasteiger partial charge in [-0.15, -0.1) is 0 Å². The van der Waals surface area contributed by atoms with Gasteiger partial charge in [-0.25, -0.2) is 4.57 Å². The number of carbonyl (C=O) groups is 2. The minimum absolute atomic E-state index is 0.187. The third kappa shape index (κ3) is 50.1. The molecule has 3 N–H and O–H groups in total. The van der Waals surface area contributed by atoms with Crippen molar-refractivity contribution in [2.75, 3.05) is 26.4 Å². The Kier molecular flexibility index (Phi) is 50.2. The van der Waals surface area contributed by atoms with Gasteiger partial charge < -0.3 is 24.6 Å². The molecule has 0 rings (SSSR count). The third-order valence-electron chi connectivity index (χ3n) is 12.1. The van der Waals surface area contributed by atoms with Crippen molar-refractivity contribution in [1.82, 2.24) is 0 Å². The Balaban J connectivity index is 3.79. The van der Waals surface area contributed by atoms with E-state index >= 15 is 0 Å². The molecule has 0 aromatic carbocycles. The second kappa shape index (κ2) is 51.8. The van der Waals surface area contributed by atoms with Gasteiger partial charge in [-0.2, -0.15) is 0 Å². The van der Waals surface area contributed by atoms with Crippen molar-refractivity contribution in [3.63, 3.8) is 0 Å². The van der Waals surface area contributed by atoms with Crippen LogP contribution in [0.25, 0.3) is 0 Å². The molecule has 0 aromatic heterocycles. The van der Waals surface area contributed by atoms with Gasteiger partial charge in [0.25, 0.3) is 0 Å². The van der Waals surface area contributed by atoms with Crippen molar-refractivity contribution in [3.05, 3.63) is 48.6 Å². The van der Waals surface area contributed by atoms with E-state index in [1.54, 1.807) is 0 Å². The maximum absolute atomic E-state index is 12.4. The Morgan fingerprint density at radius 2 is 0.701 bits per heavy atom. The summed E-state index contributed by atoms with van der Waals surface area (Å²) >= 11 is 0. The Morgan fingerprint density at radius 3 is 1.01 bits per heavy atom. The average molecular weight is 967 g/mol. The predicted octanol–water partition coefficient (Wildman–Crippen LogP) is 16.0. The lowest BCUT2D eigenvalue weighted by atomic mass is 10.0. The highest BCUT2D eigenvalue weighted by Crippen LogP contribution is 2.43. The monoisotopic (exact) mass is 967 g/mol. The van der Waals surface area contributed by atoms with Crippen LogP contribution in [0, 0.1) is 0 Å². The Labute approximate surface area is 411 Å². The van der Waals surface area contributed by atoms with Gasteiger partial charge in [0.15, 0.2) is 0 Å². The van der Waals surface area contributed by atoms with Gasteiger partial charge in [-0.05, 0) is 51.4 Å². The molecule has 11 heteroatoms. The maximum Gasteiger partial charge on any atom is 0.472 e.